The second kappa shape index (κ2) is 7.31. The van der Waals surface area contributed by atoms with Gasteiger partial charge in [-0.1, -0.05) is 0 Å². The number of nitriles is 1. The first-order chi connectivity index (χ1) is 9.54. The zero-order valence-corrected chi connectivity index (χ0v) is 12.2. The molecular weight excluding hydrogens is 280 g/mol. The van der Waals surface area contributed by atoms with Gasteiger partial charge in [0, 0.05) is 6.20 Å². The third kappa shape index (κ3) is 3.59. The van der Waals surface area contributed by atoms with Crippen molar-refractivity contribution >= 4 is 29.0 Å². The van der Waals surface area contributed by atoms with Gasteiger partial charge in [0.2, 0.25) is 0 Å². The molecule has 0 aliphatic heterocycles. The molecule has 7 heteroatoms. The SMILES string of the molecule is CCOC(=O)C(C#N)=CNc1c(C)csc1C(=O)OC. The van der Waals surface area contributed by atoms with E-state index in [1.54, 1.807) is 25.3 Å². The summed E-state index contributed by atoms with van der Waals surface area (Å²) in [6.45, 7) is 3.64. The second-order valence-electron chi connectivity index (χ2n) is 3.65. The highest BCUT2D eigenvalue weighted by molar-refractivity contribution is 7.12. The van der Waals surface area contributed by atoms with Crippen LogP contribution in [0.4, 0.5) is 5.69 Å². The van der Waals surface area contributed by atoms with Crippen molar-refractivity contribution in [1.82, 2.24) is 0 Å². The third-order valence-electron chi connectivity index (χ3n) is 2.32. The normalized spacial score (nSPS) is 10.6. The highest BCUT2D eigenvalue weighted by Gasteiger charge is 2.17. The summed E-state index contributed by atoms with van der Waals surface area (Å²) in [4.78, 5) is 23.4. The van der Waals surface area contributed by atoms with Crippen molar-refractivity contribution in [1.29, 1.82) is 5.26 Å². The molecule has 106 valence electrons. The molecule has 0 bridgehead atoms. The van der Waals surface area contributed by atoms with Crippen molar-refractivity contribution in [2.24, 2.45) is 0 Å². The minimum absolute atomic E-state index is 0.173. The highest BCUT2D eigenvalue weighted by atomic mass is 32.1. The number of rotatable bonds is 5. The monoisotopic (exact) mass is 294 g/mol. The zero-order chi connectivity index (χ0) is 15.1. The van der Waals surface area contributed by atoms with E-state index in [2.05, 4.69) is 10.1 Å². The van der Waals surface area contributed by atoms with Crippen LogP contribution < -0.4 is 5.32 Å². The maximum atomic E-state index is 11.6. The number of thiophene rings is 1. The predicted molar refractivity (Wildman–Crippen MR) is 74.3 cm³/mol. The van der Waals surface area contributed by atoms with E-state index in [4.69, 9.17) is 10.00 Å². The molecule has 0 aliphatic rings. The number of nitrogens with zero attached hydrogens (tertiary/aromatic N) is 1. The minimum atomic E-state index is -0.713. The number of hydrogen-bond donors (Lipinski definition) is 1. The first-order valence-corrected chi connectivity index (χ1v) is 6.63. The number of methoxy groups -OCH3 is 1. The molecule has 1 N–H and O–H groups in total. The molecule has 1 rings (SSSR count). The molecule has 0 spiro atoms. The summed E-state index contributed by atoms with van der Waals surface area (Å²) in [7, 11) is 1.29. The Labute approximate surface area is 120 Å². The number of hydrogen-bond acceptors (Lipinski definition) is 7. The van der Waals surface area contributed by atoms with Crippen molar-refractivity contribution in [2.45, 2.75) is 13.8 Å². The number of carbonyl (C=O) groups excluding carboxylic acids is 2. The van der Waals surface area contributed by atoms with Crippen LogP contribution in [0.25, 0.3) is 0 Å². The summed E-state index contributed by atoms with van der Waals surface area (Å²) in [5, 5.41) is 13.5. The second-order valence-corrected chi connectivity index (χ2v) is 4.53. The van der Waals surface area contributed by atoms with Gasteiger partial charge < -0.3 is 14.8 Å². The smallest absolute Gasteiger partial charge is 0.350 e. The molecule has 0 saturated carbocycles. The number of esters is 2. The number of nitrogens with one attached hydrogen (secondary N) is 1. The summed E-state index contributed by atoms with van der Waals surface area (Å²) >= 11 is 1.22. The maximum Gasteiger partial charge on any atom is 0.350 e. The Kier molecular flexibility index (Phi) is 5.74. The van der Waals surface area contributed by atoms with E-state index in [0.29, 0.717) is 10.6 Å². The van der Waals surface area contributed by atoms with Gasteiger partial charge in [-0.2, -0.15) is 5.26 Å². The van der Waals surface area contributed by atoms with Crippen molar-refractivity contribution in [2.75, 3.05) is 19.0 Å². The van der Waals surface area contributed by atoms with Crippen LogP contribution in [0.5, 0.6) is 0 Å². The van der Waals surface area contributed by atoms with Gasteiger partial charge >= 0.3 is 11.9 Å². The van der Waals surface area contributed by atoms with Gasteiger partial charge in [0.1, 0.15) is 10.9 Å². The van der Waals surface area contributed by atoms with E-state index in [0.717, 1.165) is 5.56 Å². The fourth-order valence-electron chi connectivity index (χ4n) is 1.36. The van der Waals surface area contributed by atoms with Crippen molar-refractivity contribution in [3.63, 3.8) is 0 Å². The lowest BCUT2D eigenvalue weighted by Crippen LogP contribution is -2.09. The van der Waals surface area contributed by atoms with Crippen LogP contribution in [0, 0.1) is 18.3 Å². The fourth-order valence-corrected chi connectivity index (χ4v) is 2.29. The van der Waals surface area contributed by atoms with E-state index in [1.807, 2.05) is 0 Å². The standard InChI is InChI=1S/C13H14N2O4S/c1-4-19-12(16)9(5-14)6-15-10-8(2)7-20-11(10)13(17)18-3/h6-7,15H,4H2,1-3H3. The fraction of sp³-hybridized carbons (Fsp3) is 0.308. The first-order valence-electron chi connectivity index (χ1n) is 5.75. The van der Waals surface area contributed by atoms with Crippen LogP contribution in [0.3, 0.4) is 0 Å². The largest absolute Gasteiger partial charge is 0.465 e. The molecular formula is C13H14N2O4S. The van der Waals surface area contributed by atoms with E-state index in [-0.39, 0.29) is 12.2 Å². The molecule has 20 heavy (non-hydrogen) atoms. The molecule has 0 amide bonds. The lowest BCUT2D eigenvalue weighted by Gasteiger charge is -2.05. The van der Waals surface area contributed by atoms with Gasteiger partial charge in [-0.25, -0.2) is 9.59 Å². The predicted octanol–water partition coefficient (Wildman–Crippen LogP) is 2.23. The zero-order valence-electron chi connectivity index (χ0n) is 11.4. The van der Waals surface area contributed by atoms with Crippen LogP contribution in [-0.2, 0) is 14.3 Å². The Bertz CT molecular complexity index is 584. The minimum Gasteiger partial charge on any atom is -0.465 e. The Hall–Kier alpha value is -2.33. The third-order valence-corrected chi connectivity index (χ3v) is 3.40. The number of anilines is 1. The molecule has 1 aromatic rings. The molecule has 6 nitrogen and oxygen atoms in total. The quantitative estimate of drug-likeness (QED) is 0.509. The van der Waals surface area contributed by atoms with Gasteiger partial charge in [0.25, 0.3) is 0 Å². The average Bonchev–Trinajstić information content (AvgIpc) is 2.80. The van der Waals surface area contributed by atoms with Crippen LogP contribution in [0.2, 0.25) is 0 Å². The van der Waals surface area contributed by atoms with Crippen molar-refractivity contribution in [3.8, 4) is 6.07 Å². The Morgan fingerprint density at radius 3 is 2.80 bits per heavy atom. The summed E-state index contributed by atoms with van der Waals surface area (Å²) in [6, 6.07) is 1.74. The van der Waals surface area contributed by atoms with Gasteiger partial charge in [0.15, 0.2) is 5.57 Å². The van der Waals surface area contributed by atoms with Gasteiger partial charge in [-0.15, -0.1) is 11.3 Å². The van der Waals surface area contributed by atoms with Gasteiger partial charge in [-0.05, 0) is 24.8 Å². The summed E-state index contributed by atoms with van der Waals surface area (Å²) in [5.74, 6) is -1.19. The van der Waals surface area contributed by atoms with Crippen LogP contribution >= 0.6 is 11.3 Å². The van der Waals surface area contributed by atoms with Crippen LogP contribution in [0.1, 0.15) is 22.2 Å². The summed E-state index contributed by atoms with van der Waals surface area (Å²) in [5.41, 5.74) is 1.15. The lowest BCUT2D eigenvalue weighted by molar-refractivity contribution is -0.138. The van der Waals surface area contributed by atoms with Crippen LogP contribution in [-0.4, -0.2) is 25.7 Å². The molecule has 1 heterocycles. The Balaban J connectivity index is 2.99. The van der Waals surface area contributed by atoms with E-state index < -0.39 is 11.9 Å². The molecule has 0 radical (unpaired) electrons. The van der Waals surface area contributed by atoms with E-state index in [1.165, 1.54) is 24.6 Å². The van der Waals surface area contributed by atoms with Crippen molar-refractivity contribution in [3.05, 3.63) is 27.6 Å². The summed E-state index contributed by atoms with van der Waals surface area (Å²) in [6.07, 6.45) is 1.22. The molecule has 0 fully saturated rings. The van der Waals surface area contributed by atoms with Crippen molar-refractivity contribution < 1.29 is 19.1 Å². The highest BCUT2D eigenvalue weighted by Crippen LogP contribution is 2.28. The first kappa shape index (κ1) is 15.7. The summed E-state index contributed by atoms with van der Waals surface area (Å²) < 4.78 is 9.40. The molecule has 0 aliphatic carbocycles. The molecule has 0 atom stereocenters. The number of ether oxygens (including phenoxy) is 2. The Morgan fingerprint density at radius 2 is 2.25 bits per heavy atom. The molecule has 1 aromatic heterocycles. The average molecular weight is 294 g/mol. The maximum absolute atomic E-state index is 11.6. The molecule has 0 saturated heterocycles. The lowest BCUT2D eigenvalue weighted by atomic mass is 10.2. The Morgan fingerprint density at radius 1 is 1.55 bits per heavy atom. The number of aryl methyl sites for hydroxylation is 1. The van der Waals surface area contributed by atoms with E-state index in [9.17, 15) is 9.59 Å². The van der Waals surface area contributed by atoms with E-state index >= 15 is 0 Å². The van der Waals surface area contributed by atoms with Gasteiger partial charge in [-0.3, -0.25) is 0 Å². The number of carbonyl (C=O) groups is 2. The van der Waals surface area contributed by atoms with Crippen LogP contribution in [0.15, 0.2) is 17.2 Å². The van der Waals surface area contributed by atoms with Gasteiger partial charge in [0.05, 0.1) is 19.4 Å². The molecule has 0 aromatic carbocycles. The molecule has 0 unspecified atom stereocenters. The topological polar surface area (TPSA) is 88.4 Å².